The van der Waals surface area contributed by atoms with Crippen molar-refractivity contribution in [3.63, 3.8) is 0 Å². The largest absolute Gasteiger partial charge is 0.385 e. The predicted octanol–water partition coefficient (Wildman–Crippen LogP) is 3.73. The lowest BCUT2D eigenvalue weighted by Crippen LogP contribution is -2.61. The molecule has 4 saturated heterocycles. The lowest BCUT2D eigenvalue weighted by Gasteiger charge is -2.55. The molecule has 308 valence electrons. The maximum Gasteiger partial charge on any atom is 0.329 e. The van der Waals surface area contributed by atoms with E-state index in [4.69, 9.17) is 5.10 Å². The summed E-state index contributed by atoms with van der Waals surface area (Å²) < 4.78 is 18.2. The lowest BCUT2D eigenvalue weighted by molar-refractivity contribution is -0.135. The van der Waals surface area contributed by atoms with Gasteiger partial charge in [0.15, 0.2) is 11.3 Å². The molecule has 10 rings (SSSR count). The van der Waals surface area contributed by atoms with Crippen LogP contribution in [-0.2, 0) is 16.6 Å². The summed E-state index contributed by atoms with van der Waals surface area (Å²) in [6.07, 6.45) is 5.90. The molecule has 5 fully saturated rings. The number of likely N-dealkylation sites (tertiary alicyclic amines) is 1. The summed E-state index contributed by atoms with van der Waals surface area (Å²) >= 11 is 0. The second kappa shape index (κ2) is 14.5. The summed E-state index contributed by atoms with van der Waals surface area (Å²) in [5.41, 5.74) is 7.09. The van der Waals surface area contributed by atoms with Crippen molar-refractivity contribution in [1.82, 2.24) is 39.3 Å². The van der Waals surface area contributed by atoms with Gasteiger partial charge in [-0.15, -0.1) is 0 Å². The van der Waals surface area contributed by atoms with Crippen molar-refractivity contribution in [1.29, 1.82) is 0 Å². The molecule has 2 aromatic carbocycles. The number of rotatable bonds is 9. The molecule has 7 heterocycles. The van der Waals surface area contributed by atoms with Gasteiger partial charge in [0, 0.05) is 84.0 Å². The number of imidazole rings is 2. The van der Waals surface area contributed by atoms with Crippen molar-refractivity contribution in [2.24, 2.45) is 18.4 Å². The number of fused-ring (bicyclic) bond motifs is 2. The van der Waals surface area contributed by atoms with Crippen LogP contribution in [0, 0.1) is 11.3 Å². The summed E-state index contributed by atoms with van der Waals surface area (Å²) in [4.78, 5) is 62.8. The zero-order chi connectivity index (χ0) is 40.6. The number of nitrogens with zero attached hydrogens (tertiary/aromatic N) is 8. The molecule has 1 aliphatic carbocycles. The number of aromatic nitrogens is 5. The Hall–Kier alpha value is -5.77. The maximum absolute atomic E-state index is 13.5. The van der Waals surface area contributed by atoms with E-state index in [2.05, 4.69) is 66.0 Å². The fourth-order valence-corrected chi connectivity index (χ4v) is 10.1. The molecule has 1 spiro atoms. The van der Waals surface area contributed by atoms with Gasteiger partial charge < -0.3 is 25.3 Å². The van der Waals surface area contributed by atoms with Gasteiger partial charge in [-0.25, -0.2) is 18.7 Å². The lowest BCUT2D eigenvalue weighted by atomic mass is 9.71. The third kappa shape index (κ3) is 6.70. The van der Waals surface area contributed by atoms with Crippen molar-refractivity contribution in [3.05, 3.63) is 70.9 Å². The second-order valence-electron chi connectivity index (χ2n) is 17.4. The first-order chi connectivity index (χ1) is 28.6. The van der Waals surface area contributed by atoms with E-state index in [1.54, 1.807) is 16.2 Å². The number of amides is 3. The SMILES string of the molecule is CNc1cc(-c2ccc(N3CCC(CN4CC5(CCN(c6cccc7c6n(C)c(=O)n7C6CCC(=O)NC6=O)CC5)C4)CC3)cc2)nn2c(C(=O)N[C@@H]3C[C@@H]3F)cnc12. The van der Waals surface area contributed by atoms with Crippen molar-refractivity contribution >= 4 is 51.5 Å². The Balaban J connectivity index is 0.727. The Morgan fingerprint density at radius 1 is 0.983 bits per heavy atom. The molecule has 4 aliphatic heterocycles. The van der Waals surface area contributed by atoms with E-state index in [1.807, 2.05) is 25.2 Å². The van der Waals surface area contributed by atoms with Gasteiger partial charge in [-0.3, -0.25) is 28.8 Å². The van der Waals surface area contributed by atoms with Gasteiger partial charge in [0.1, 0.15) is 12.2 Å². The van der Waals surface area contributed by atoms with E-state index in [9.17, 15) is 23.6 Å². The third-order valence-electron chi connectivity index (χ3n) is 13.5. The van der Waals surface area contributed by atoms with E-state index in [-0.39, 0.29) is 29.6 Å². The highest BCUT2D eigenvalue weighted by Gasteiger charge is 2.46. The van der Waals surface area contributed by atoms with E-state index < -0.39 is 24.2 Å². The highest BCUT2D eigenvalue weighted by atomic mass is 19.1. The van der Waals surface area contributed by atoms with Gasteiger partial charge in [0.05, 0.1) is 40.3 Å². The van der Waals surface area contributed by atoms with Crippen molar-refractivity contribution in [2.45, 2.75) is 63.2 Å². The first kappa shape index (κ1) is 37.5. The minimum atomic E-state index is -0.990. The number of carbonyl (C=O) groups excluding carboxylic acids is 3. The number of carbonyl (C=O) groups is 3. The van der Waals surface area contributed by atoms with Crippen LogP contribution in [0.3, 0.4) is 0 Å². The normalized spacial score (nSPS) is 23.5. The summed E-state index contributed by atoms with van der Waals surface area (Å²) in [7, 11) is 3.58. The first-order valence-electron chi connectivity index (χ1n) is 21.0. The van der Waals surface area contributed by atoms with Crippen LogP contribution in [0.1, 0.15) is 61.5 Å². The van der Waals surface area contributed by atoms with Crippen molar-refractivity contribution < 1.29 is 18.8 Å². The number of halogens is 1. The fourth-order valence-electron chi connectivity index (χ4n) is 10.1. The van der Waals surface area contributed by atoms with Crippen molar-refractivity contribution in [2.75, 3.05) is 68.0 Å². The molecule has 3 aromatic heterocycles. The standard InChI is InChI=1S/C43H50FN11O4/c1-45-32-21-30(49-55-36(22-46-39(32)55)41(58)47-31-20-29(31)44)27-6-8-28(9-7-27)52-16-12-26(13-17-52)23-51-24-43(25-51)14-18-53(19-15-43)33-4-3-5-34-38(33)50(2)42(59)54(34)35-10-11-37(56)48-40(35)57/h3-9,21-22,26,29,31,35,45H,10-20,23-25H2,1-2H3,(H,47,58)(H,48,56,57)/t29-,31+,35?/m0/s1. The van der Waals surface area contributed by atoms with Gasteiger partial charge in [-0.05, 0) is 73.8 Å². The van der Waals surface area contributed by atoms with Gasteiger partial charge >= 0.3 is 5.69 Å². The number of anilines is 3. The van der Waals surface area contributed by atoms with E-state index in [1.165, 1.54) is 16.4 Å². The fraction of sp³-hybridized carbons (Fsp3) is 0.488. The van der Waals surface area contributed by atoms with Crippen LogP contribution in [0.15, 0.2) is 59.5 Å². The van der Waals surface area contributed by atoms with Crippen LogP contribution in [0.4, 0.5) is 21.5 Å². The average molecular weight is 804 g/mol. The molecule has 0 radical (unpaired) electrons. The minimum Gasteiger partial charge on any atom is -0.385 e. The maximum atomic E-state index is 13.5. The number of aryl methyl sites for hydroxylation is 1. The number of hydrogen-bond acceptors (Lipinski definition) is 10. The zero-order valence-corrected chi connectivity index (χ0v) is 33.5. The molecule has 5 aliphatic rings. The number of piperidine rings is 3. The Kier molecular flexibility index (Phi) is 9.22. The van der Waals surface area contributed by atoms with Crippen LogP contribution < -0.4 is 31.4 Å². The van der Waals surface area contributed by atoms with Gasteiger partial charge in [0.2, 0.25) is 11.8 Å². The Labute approximate surface area is 340 Å². The van der Waals surface area contributed by atoms with E-state index in [0.29, 0.717) is 35.5 Å². The summed E-state index contributed by atoms with van der Waals surface area (Å²) in [5, 5.41) is 13.1. The molecule has 3 amide bonds. The Morgan fingerprint density at radius 3 is 2.42 bits per heavy atom. The number of alkyl halides is 1. The number of imide groups is 1. The molecular weight excluding hydrogens is 754 g/mol. The van der Waals surface area contributed by atoms with Gasteiger partial charge in [-0.2, -0.15) is 5.10 Å². The zero-order valence-electron chi connectivity index (χ0n) is 33.5. The number of hydrogen-bond donors (Lipinski definition) is 3. The molecular formula is C43H50FN11O4. The predicted molar refractivity (Wildman–Crippen MR) is 223 cm³/mol. The van der Waals surface area contributed by atoms with Crippen LogP contribution in [0.2, 0.25) is 0 Å². The van der Waals surface area contributed by atoms with E-state index >= 15 is 0 Å². The van der Waals surface area contributed by atoms with Crippen LogP contribution >= 0.6 is 0 Å². The molecule has 1 saturated carbocycles. The molecule has 5 aromatic rings. The molecule has 1 unspecified atom stereocenters. The molecule has 3 atom stereocenters. The highest BCUT2D eigenvalue weighted by Crippen LogP contribution is 2.43. The topological polar surface area (TPSA) is 154 Å². The highest BCUT2D eigenvalue weighted by molar-refractivity contribution is 6.00. The summed E-state index contributed by atoms with van der Waals surface area (Å²) in [6.45, 7) is 7.28. The number of nitrogens with one attached hydrogen (secondary N) is 3. The van der Waals surface area contributed by atoms with Crippen LogP contribution in [0.5, 0.6) is 0 Å². The molecule has 0 bridgehead atoms. The number of benzene rings is 2. The second-order valence-corrected chi connectivity index (χ2v) is 17.4. The average Bonchev–Trinajstić information content (AvgIpc) is 3.64. The number of para-hydroxylation sites is 1. The van der Waals surface area contributed by atoms with Crippen molar-refractivity contribution in [3.8, 4) is 11.3 Å². The smallest absolute Gasteiger partial charge is 0.329 e. The molecule has 16 heteroatoms. The monoisotopic (exact) mass is 803 g/mol. The summed E-state index contributed by atoms with van der Waals surface area (Å²) in [5.74, 6) is -0.418. The van der Waals surface area contributed by atoms with E-state index in [0.717, 1.165) is 99.5 Å². The molecule has 59 heavy (non-hydrogen) atoms. The molecule has 3 N–H and O–H groups in total. The third-order valence-corrected chi connectivity index (χ3v) is 13.5. The minimum absolute atomic E-state index is 0.223. The Morgan fingerprint density at radius 2 is 1.73 bits per heavy atom. The first-order valence-corrected chi connectivity index (χ1v) is 21.0. The molecule has 15 nitrogen and oxygen atoms in total. The van der Waals surface area contributed by atoms with Gasteiger partial charge in [-0.1, -0.05) is 18.2 Å². The van der Waals surface area contributed by atoms with Crippen LogP contribution in [-0.4, -0.2) is 111 Å². The quantitative estimate of drug-likeness (QED) is 0.188. The summed E-state index contributed by atoms with van der Waals surface area (Å²) in [6, 6.07) is 15.2. The van der Waals surface area contributed by atoms with Crippen LogP contribution in [0.25, 0.3) is 27.9 Å². The van der Waals surface area contributed by atoms with Gasteiger partial charge in [0.25, 0.3) is 5.91 Å². The Bertz CT molecular complexity index is 2520.